The van der Waals surface area contributed by atoms with E-state index in [1.165, 1.54) is 24.0 Å². The van der Waals surface area contributed by atoms with E-state index in [0.29, 0.717) is 5.92 Å². The Balaban J connectivity index is 1.53. The van der Waals surface area contributed by atoms with Crippen LogP contribution in [-0.2, 0) is 13.1 Å². The average molecular weight is 503 g/mol. The lowest BCUT2D eigenvalue weighted by molar-refractivity contribution is 0.283. The molecule has 0 amide bonds. The van der Waals surface area contributed by atoms with Crippen LogP contribution in [0.1, 0.15) is 41.8 Å². The van der Waals surface area contributed by atoms with Crippen LogP contribution in [0, 0.1) is 5.92 Å². The van der Waals surface area contributed by atoms with Gasteiger partial charge in [-0.05, 0) is 66.3 Å². The summed E-state index contributed by atoms with van der Waals surface area (Å²) in [5, 5.41) is 6.64. The van der Waals surface area contributed by atoms with Gasteiger partial charge in [0.25, 0.3) is 0 Å². The minimum absolute atomic E-state index is 0.389. The van der Waals surface area contributed by atoms with Gasteiger partial charge >= 0.3 is 0 Å². The summed E-state index contributed by atoms with van der Waals surface area (Å²) in [6.07, 6.45) is 11.0. The monoisotopic (exact) mass is 502 g/mol. The first-order valence-electron chi connectivity index (χ1n) is 12.5. The van der Waals surface area contributed by atoms with Gasteiger partial charge in [-0.1, -0.05) is 37.1 Å². The summed E-state index contributed by atoms with van der Waals surface area (Å²) in [7, 11) is 3.39. The summed E-state index contributed by atoms with van der Waals surface area (Å²) < 4.78 is 10.7. The molecule has 1 unspecified atom stereocenters. The number of nitrogens with zero attached hydrogens (tertiary/aromatic N) is 2. The van der Waals surface area contributed by atoms with Gasteiger partial charge in [0.1, 0.15) is 22.2 Å². The van der Waals surface area contributed by atoms with Gasteiger partial charge in [-0.15, -0.1) is 11.3 Å². The molecule has 1 aliphatic heterocycles. The quantitative estimate of drug-likeness (QED) is 0.401. The summed E-state index contributed by atoms with van der Waals surface area (Å²) in [5.74, 6) is 2.10. The second kappa shape index (κ2) is 10.8. The van der Waals surface area contributed by atoms with E-state index in [9.17, 15) is 0 Å². The first kappa shape index (κ1) is 24.4. The third kappa shape index (κ3) is 5.42. The van der Waals surface area contributed by atoms with Crippen molar-refractivity contribution in [2.75, 3.05) is 14.2 Å². The first-order chi connectivity index (χ1) is 17.6. The van der Waals surface area contributed by atoms with Crippen molar-refractivity contribution in [2.45, 2.75) is 44.4 Å². The van der Waals surface area contributed by atoms with Gasteiger partial charge in [0.2, 0.25) is 0 Å². The average Bonchev–Trinajstić information content (AvgIpc) is 3.64. The number of aromatic nitrogens is 1. The standard InChI is InChI=1S/C29H34N4O2S/c1-34-25-11-7-21(8-12-25)19-33(20-22-9-13-26(35-2)14-10-22)24-17-27(28-31-15-16-36-28)32-29(30,18-24)23-5-3-4-6-23/h7-18,23,32H,3-6,19-20,30H2,1-2H3. The number of dihydropyridines is 1. The highest BCUT2D eigenvalue weighted by molar-refractivity contribution is 7.10. The highest BCUT2D eigenvalue weighted by Crippen LogP contribution is 2.38. The molecule has 1 aliphatic carbocycles. The van der Waals surface area contributed by atoms with Crippen molar-refractivity contribution in [2.24, 2.45) is 11.7 Å². The third-order valence-electron chi connectivity index (χ3n) is 7.15. The van der Waals surface area contributed by atoms with Crippen molar-refractivity contribution in [1.82, 2.24) is 15.2 Å². The molecule has 2 heterocycles. The molecule has 2 aliphatic rings. The van der Waals surface area contributed by atoms with E-state index in [2.05, 4.69) is 51.6 Å². The minimum Gasteiger partial charge on any atom is -0.497 e. The Morgan fingerprint density at radius 3 is 2.06 bits per heavy atom. The van der Waals surface area contributed by atoms with Crippen molar-refractivity contribution in [3.63, 3.8) is 0 Å². The lowest BCUT2D eigenvalue weighted by Crippen LogP contribution is -2.57. The molecule has 5 rings (SSSR count). The number of allylic oxidation sites excluding steroid dienone is 1. The van der Waals surface area contributed by atoms with Gasteiger partial charge < -0.3 is 25.4 Å². The van der Waals surface area contributed by atoms with Crippen molar-refractivity contribution in [3.05, 3.63) is 94.1 Å². The maximum Gasteiger partial charge on any atom is 0.139 e. The van der Waals surface area contributed by atoms with Gasteiger partial charge in [0.05, 0.1) is 19.9 Å². The number of nitrogens with two attached hydrogens (primary N) is 1. The van der Waals surface area contributed by atoms with Crippen LogP contribution in [0.2, 0.25) is 0 Å². The molecular formula is C29H34N4O2S. The Hall–Kier alpha value is -3.29. The number of nitrogens with one attached hydrogen (secondary N) is 1. The Morgan fingerprint density at radius 1 is 0.972 bits per heavy atom. The normalized spacial score (nSPS) is 19.9. The van der Waals surface area contributed by atoms with Crippen LogP contribution in [0.4, 0.5) is 0 Å². The highest BCUT2D eigenvalue weighted by atomic mass is 32.1. The van der Waals surface area contributed by atoms with Crippen LogP contribution in [0.5, 0.6) is 11.5 Å². The molecule has 3 N–H and O–H groups in total. The number of thiazole rings is 1. The number of rotatable bonds is 9. The van der Waals surface area contributed by atoms with E-state index >= 15 is 0 Å². The topological polar surface area (TPSA) is 72.6 Å². The van der Waals surface area contributed by atoms with E-state index < -0.39 is 5.66 Å². The summed E-state index contributed by atoms with van der Waals surface area (Å²) in [5.41, 5.74) is 11.0. The number of methoxy groups -OCH3 is 2. The molecule has 188 valence electrons. The molecule has 36 heavy (non-hydrogen) atoms. The maximum absolute atomic E-state index is 7.14. The number of ether oxygens (including phenoxy) is 2. The van der Waals surface area contributed by atoms with E-state index in [4.69, 9.17) is 15.2 Å². The predicted molar refractivity (Wildman–Crippen MR) is 145 cm³/mol. The van der Waals surface area contributed by atoms with E-state index in [1.54, 1.807) is 25.6 Å². The molecule has 1 fully saturated rings. The Morgan fingerprint density at radius 2 is 1.56 bits per heavy atom. The van der Waals surface area contributed by atoms with Gasteiger partial charge in [0, 0.05) is 30.4 Å². The molecule has 0 spiro atoms. The lowest BCUT2D eigenvalue weighted by Gasteiger charge is -2.40. The van der Waals surface area contributed by atoms with Crippen LogP contribution >= 0.6 is 11.3 Å². The van der Waals surface area contributed by atoms with Crippen LogP contribution in [-0.4, -0.2) is 29.8 Å². The van der Waals surface area contributed by atoms with Gasteiger partial charge in [-0.2, -0.15) is 0 Å². The second-order valence-electron chi connectivity index (χ2n) is 9.56. The maximum atomic E-state index is 7.14. The smallest absolute Gasteiger partial charge is 0.139 e. The van der Waals surface area contributed by atoms with Gasteiger partial charge in [0.15, 0.2) is 0 Å². The molecule has 3 aromatic rings. The lowest BCUT2D eigenvalue weighted by atomic mass is 9.88. The molecule has 2 aromatic carbocycles. The SMILES string of the molecule is COc1ccc(CN(Cc2ccc(OC)cc2)C2=CC(N)(C3CCCC3)NC(c3nccs3)=C2)cc1. The first-order valence-corrected chi connectivity index (χ1v) is 13.4. The fraction of sp³-hybridized carbons (Fsp3) is 0.345. The zero-order valence-corrected chi connectivity index (χ0v) is 21.8. The second-order valence-corrected chi connectivity index (χ2v) is 10.5. The van der Waals surface area contributed by atoms with Gasteiger partial charge in [-0.25, -0.2) is 4.98 Å². The zero-order chi connectivity index (χ0) is 25.0. The largest absolute Gasteiger partial charge is 0.497 e. The molecule has 1 atom stereocenters. The minimum atomic E-state index is -0.611. The molecule has 0 radical (unpaired) electrons. The number of hydrogen-bond acceptors (Lipinski definition) is 7. The fourth-order valence-corrected chi connectivity index (χ4v) is 5.77. The van der Waals surface area contributed by atoms with Crippen LogP contribution in [0.3, 0.4) is 0 Å². The molecule has 1 aromatic heterocycles. The van der Waals surface area contributed by atoms with Crippen molar-refractivity contribution < 1.29 is 9.47 Å². The van der Waals surface area contributed by atoms with E-state index in [1.807, 2.05) is 35.8 Å². The number of hydrogen-bond donors (Lipinski definition) is 2. The van der Waals surface area contributed by atoms with Crippen LogP contribution in [0.15, 0.2) is 78.0 Å². The van der Waals surface area contributed by atoms with E-state index in [0.717, 1.165) is 53.8 Å². The summed E-state index contributed by atoms with van der Waals surface area (Å²) in [6.45, 7) is 1.48. The Labute approximate surface area is 217 Å². The van der Waals surface area contributed by atoms with E-state index in [-0.39, 0.29) is 0 Å². The summed E-state index contributed by atoms with van der Waals surface area (Å²) in [6, 6.07) is 16.6. The van der Waals surface area contributed by atoms with Crippen molar-refractivity contribution >= 4 is 17.0 Å². The summed E-state index contributed by atoms with van der Waals surface area (Å²) in [4.78, 5) is 6.99. The molecule has 1 saturated carbocycles. The molecule has 0 saturated heterocycles. The van der Waals surface area contributed by atoms with Crippen molar-refractivity contribution in [1.29, 1.82) is 0 Å². The van der Waals surface area contributed by atoms with Crippen LogP contribution < -0.4 is 20.5 Å². The molecule has 7 heteroatoms. The fourth-order valence-electron chi connectivity index (χ4n) is 5.16. The van der Waals surface area contributed by atoms with Crippen LogP contribution in [0.25, 0.3) is 5.70 Å². The Kier molecular flexibility index (Phi) is 7.30. The molecule has 0 bridgehead atoms. The number of benzene rings is 2. The highest BCUT2D eigenvalue weighted by Gasteiger charge is 2.38. The molecule has 6 nitrogen and oxygen atoms in total. The molecular weight excluding hydrogens is 468 g/mol. The zero-order valence-electron chi connectivity index (χ0n) is 20.9. The van der Waals surface area contributed by atoms with Crippen molar-refractivity contribution in [3.8, 4) is 11.5 Å². The summed E-state index contributed by atoms with van der Waals surface area (Å²) >= 11 is 1.63. The third-order valence-corrected chi connectivity index (χ3v) is 7.96. The Bertz CT molecular complexity index is 1150. The van der Waals surface area contributed by atoms with Gasteiger partial charge in [-0.3, -0.25) is 0 Å². The predicted octanol–water partition coefficient (Wildman–Crippen LogP) is 5.54.